The van der Waals surface area contributed by atoms with Gasteiger partial charge in [0.05, 0.1) is 19.0 Å². The topological polar surface area (TPSA) is 77.2 Å². The van der Waals surface area contributed by atoms with Crippen molar-refractivity contribution in [3.05, 3.63) is 17.8 Å². The molecule has 1 aromatic rings. The lowest BCUT2D eigenvalue weighted by Crippen LogP contribution is -2.36. The van der Waals surface area contributed by atoms with Gasteiger partial charge in [0, 0.05) is 0 Å². The maximum absolute atomic E-state index is 11.6. The lowest BCUT2D eigenvalue weighted by molar-refractivity contribution is -0.142. The number of nitrogens with two attached hydrogens (primary N) is 1. The SMILES string of the molecule is COC(=O)C(Nc1ncc(N)cc1C)C(C)C. The van der Waals surface area contributed by atoms with Crippen LogP contribution in [0.2, 0.25) is 0 Å². The minimum atomic E-state index is -0.408. The monoisotopic (exact) mass is 237 g/mol. The summed E-state index contributed by atoms with van der Waals surface area (Å²) in [5, 5.41) is 3.08. The van der Waals surface area contributed by atoms with E-state index in [1.807, 2.05) is 26.8 Å². The molecule has 5 heteroatoms. The van der Waals surface area contributed by atoms with Crippen molar-refractivity contribution in [2.75, 3.05) is 18.2 Å². The molecule has 17 heavy (non-hydrogen) atoms. The van der Waals surface area contributed by atoms with Gasteiger partial charge in [-0.15, -0.1) is 0 Å². The van der Waals surface area contributed by atoms with Crippen LogP contribution in [0.1, 0.15) is 19.4 Å². The molecule has 0 saturated heterocycles. The van der Waals surface area contributed by atoms with Gasteiger partial charge in [-0.2, -0.15) is 0 Å². The molecule has 1 heterocycles. The van der Waals surface area contributed by atoms with Crippen LogP contribution in [0.15, 0.2) is 12.3 Å². The van der Waals surface area contributed by atoms with E-state index in [1.54, 1.807) is 6.20 Å². The third-order valence-corrected chi connectivity index (χ3v) is 2.51. The van der Waals surface area contributed by atoms with E-state index in [-0.39, 0.29) is 11.9 Å². The summed E-state index contributed by atoms with van der Waals surface area (Å²) in [4.78, 5) is 15.8. The molecule has 0 aliphatic rings. The highest BCUT2D eigenvalue weighted by Gasteiger charge is 2.23. The number of aryl methyl sites for hydroxylation is 1. The van der Waals surface area contributed by atoms with Crippen LogP contribution < -0.4 is 11.1 Å². The van der Waals surface area contributed by atoms with Gasteiger partial charge in [0.2, 0.25) is 0 Å². The molecule has 0 radical (unpaired) electrons. The van der Waals surface area contributed by atoms with Crippen molar-refractivity contribution in [2.24, 2.45) is 5.92 Å². The molecule has 1 rings (SSSR count). The van der Waals surface area contributed by atoms with Crippen molar-refractivity contribution in [3.8, 4) is 0 Å². The summed E-state index contributed by atoms with van der Waals surface area (Å²) in [6.45, 7) is 5.78. The fraction of sp³-hybridized carbons (Fsp3) is 0.500. The Morgan fingerprint density at radius 2 is 2.18 bits per heavy atom. The second-order valence-electron chi connectivity index (χ2n) is 4.32. The Labute approximate surface area is 101 Å². The maximum atomic E-state index is 11.6. The number of aromatic nitrogens is 1. The number of hydrogen-bond donors (Lipinski definition) is 2. The Bertz CT molecular complexity index is 405. The van der Waals surface area contributed by atoms with Gasteiger partial charge in [-0.25, -0.2) is 9.78 Å². The van der Waals surface area contributed by atoms with Gasteiger partial charge in [0.25, 0.3) is 0 Å². The van der Waals surface area contributed by atoms with E-state index in [9.17, 15) is 4.79 Å². The van der Waals surface area contributed by atoms with E-state index >= 15 is 0 Å². The second kappa shape index (κ2) is 5.52. The molecule has 0 aromatic carbocycles. The summed E-state index contributed by atoms with van der Waals surface area (Å²) in [6, 6.07) is 1.40. The highest BCUT2D eigenvalue weighted by atomic mass is 16.5. The number of esters is 1. The number of anilines is 2. The summed E-state index contributed by atoms with van der Waals surface area (Å²) in [6.07, 6.45) is 1.56. The zero-order valence-corrected chi connectivity index (χ0v) is 10.7. The van der Waals surface area contributed by atoms with Crippen LogP contribution in [0.3, 0.4) is 0 Å². The molecule has 1 atom stereocenters. The first-order chi connectivity index (χ1) is 7.95. The first kappa shape index (κ1) is 13.3. The van der Waals surface area contributed by atoms with Crippen LogP contribution in [-0.4, -0.2) is 24.1 Å². The number of nitrogen functional groups attached to an aromatic ring is 1. The lowest BCUT2D eigenvalue weighted by Gasteiger charge is -2.21. The van der Waals surface area contributed by atoms with E-state index in [0.29, 0.717) is 11.5 Å². The largest absolute Gasteiger partial charge is 0.467 e. The fourth-order valence-corrected chi connectivity index (χ4v) is 1.52. The molecular formula is C12H19N3O2. The zero-order valence-electron chi connectivity index (χ0n) is 10.7. The standard InChI is InChI=1S/C12H19N3O2/c1-7(2)10(12(16)17-4)15-11-8(3)5-9(13)6-14-11/h5-7,10H,13H2,1-4H3,(H,14,15). The van der Waals surface area contributed by atoms with E-state index in [4.69, 9.17) is 10.5 Å². The zero-order chi connectivity index (χ0) is 13.0. The Balaban J connectivity index is 2.90. The van der Waals surface area contributed by atoms with Gasteiger partial charge in [0.15, 0.2) is 0 Å². The number of nitrogens with zero attached hydrogens (tertiary/aromatic N) is 1. The molecule has 0 spiro atoms. The lowest BCUT2D eigenvalue weighted by atomic mass is 10.0. The normalized spacial score (nSPS) is 12.3. The number of carbonyl (C=O) groups excluding carboxylic acids is 1. The fourth-order valence-electron chi connectivity index (χ4n) is 1.52. The number of ether oxygens (including phenoxy) is 1. The van der Waals surface area contributed by atoms with Crippen molar-refractivity contribution in [2.45, 2.75) is 26.8 Å². The number of methoxy groups -OCH3 is 1. The third kappa shape index (κ3) is 3.34. The van der Waals surface area contributed by atoms with Crippen LogP contribution in [0, 0.1) is 12.8 Å². The summed E-state index contributed by atoms with van der Waals surface area (Å²) in [5.41, 5.74) is 7.13. The molecule has 1 aromatic heterocycles. The minimum absolute atomic E-state index is 0.112. The molecule has 0 bridgehead atoms. The van der Waals surface area contributed by atoms with Gasteiger partial charge < -0.3 is 15.8 Å². The quantitative estimate of drug-likeness (QED) is 0.777. The molecule has 0 saturated carbocycles. The Morgan fingerprint density at radius 1 is 1.53 bits per heavy atom. The highest BCUT2D eigenvalue weighted by molar-refractivity contribution is 5.79. The maximum Gasteiger partial charge on any atom is 0.328 e. The van der Waals surface area contributed by atoms with Crippen LogP contribution >= 0.6 is 0 Å². The van der Waals surface area contributed by atoms with E-state index < -0.39 is 6.04 Å². The predicted molar refractivity (Wildman–Crippen MR) is 67.7 cm³/mol. The molecule has 3 N–H and O–H groups in total. The number of carbonyl (C=O) groups is 1. The van der Waals surface area contributed by atoms with Gasteiger partial charge in [-0.3, -0.25) is 0 Å². The summed E-state index contributed by atoms with van der Waals surface area (Å²) < 4.78 is 4.76. The van der Waals surface area contributed by atoms with Crippen LogP contribution in [-0.2, 0) is 9.53 Å². The van der Waals surface area contributed by atoms with Gasteiger partial charge in [-0.05, 0) is 24.5 Å². The van der Waals surface area contributed by atoms with Crippen molar-refractivity contribution in [3.63, 3.8) is 0 Å². The predicted octanol–water partition coefficient (Wildman–Crippen LogP) is 1.58. The van der Waals surface area contributed by atoms with Gasteiger partial charge in [-0.1, -0.05) is 13.8 Å². The number of nitrogens with one attached hydrogen (secondary N) is 1. The Kier molecular flexibility index (Phi) is 4.31. The van der Waals surface area contributed by atoms with Crippen LogP contribution in [0.4, 0.5) is 11.5 Å². The Morgan fingerprint density at radius 3 is 2.65 bits per heavy atom. The summed E-state index contributed by atoms with van der Waals surface area (Å²) >= 11 is 0. The van der Waals surface area contributed by atoms with Crippen LogP contribution in [0.5, 0.6) is 0 Å². The number of pyridine rings is 1. The summed E-state index contributed by atoms with van der Waals surface area (Å²) in [7, 11) is 1.38. The molecule has 0 aliphatic carbocycles. The van der Waals surface area contributed by atoms with Gasteiger partial charge >= 0.3 is 5.97 Å². The van der Waals surface area contributed by atoms with Crippen molar-refractivity contribution >= 4 is 17.5 Å². The first-order valence-electron chi connectivity index (χ1n) is 5.52. The van der Waals surface area contributed by atoms with Crippen LogP contribution in [0.25, 0.3) is 0 Å². The average Bonchev–Trinajstić information content (AvgIpc) is 2.26. The molecule has 0 aliphatic heterocycles. The smallest absolute Gasteiger partial charge is 0.328 e. The molecule has 0 fully saturated rings. The van der Waals surface area contributed by atoms with Crippen molar-refractivity contribution in [1.29, 1.82) is 0 Å². The van der Waals surface area contributed by atoms with Crippen molar-refractivity contribution in [1.82, 2.24) is 4.98 Å². The highest BCUT2D eigenvalue weighted by Crippen LogP contribution is 2.17. The van der Waals surface area contributed by atoms with E-state index in [0.717, 1.165) is 5.56 Å². The number of hydrogen-bond acceptors (Lipinski definition) is 5. The van der Waals surface area contributed by atoms with Gasteiger partial charge in [0.1, 0.15) is 11.9 Å². The van der Waals surface area contributed by atoms with E-state index in [1.165, 1.54) is 7.11 Å². The molecular weight excluding hydrogens is 218 g/mol. The molecule has 0 amide bonds. The van der Waals surface area contributed by atoms with Crippen molar-refractivity contribution < 1.29 is 9.53 Å². The second-order valence-corrected chi connectivity index (χ2v) is 4.32. The molecule has 94 valence electrons. The first-order valence-corrected chi connectivity index (χ1v) is 5.52. The Hall–Kier alpha value is -1.78. The summed E-state index contributed by atoms with van der Waals surface area (Å²) in [5.74, 6) is 0.475. The average molecular weight is 237 g/mol. The molecule has 1 unspecified atom stereocenters. The minimum Gasteiger partial charge on any atom is -0.467 e. The van der Waals surface area contributed by atoms with E-state index in [2.05, 4.69) is 10.3 Å². The molecule has 5 nitrogen and oxygen atoms in total. The third-order valence-electron chi connectivity index (χ3n) is 2.51. The number of rotatable bonds is 4.